The van der Waals surface area contributed by atoms with Crippen LogP contribution in [-0.4, -0.2) is 85.4 Å². The van der Waals surface area contributed by atoms with Crippen LogP contribution >= 0.6 is 0 Å². The van der Waals surface area contributed by atoms with E-state index in [2.05, 4.69) is 0 Å². The zero-order valence-electron chi connectivity index (χ0n) is 19.2. The molecule has 0 amide bonds. The summed E-state index contributed by atoms with van der Waals surface area (Å²) in [5.74, 6) is -5.05. The molecule has 0 unspecified atom stereocenters. The fourth-order valence-corrected chi connectivity index (χ4v) is 2.99. The largest absolute Gasteiger partial charge is 0.508 e. The number of aromatic hydroxyl groups is 1. The first kappa shape index (κ1) is 30.8. The summed E-state index contributed by atoms with van der Waals surface area (Å²) in [4.78, 5) is 44.9. The topological polar surface area (TPSA) is 182 Å². The minimum Gasteiger partial charge on any atom is -0.508 e. The number of nitro groups is 1. The molecule has 202 valence electrons. The van der Waals surface area contributed by atoms with Gasteiger partial charge in [-0.2, -0.15) is 13.2 Å². The second kappa shape index (κ2) is 14.4. The Kier molecular flexibility index (Phi) is 11.9. The summed E-state index contributed by atoms with van der Waals surface area (Å²) in [7, 11) is 0. The average Bonchev–Trinajstić information content (AvgIpc) is 2.78. The molecule has 2 rings (SSSR count). The first-order valence-electron chi connectivity index (χ1n) is 10.4. The molecule has 0 spiro atoms. The van der Waals surface area contributed by atoms with E-state index in [0.29, 0.717) is 6.54 Å². The number of carboxylic acids is 3. The van der Waals surface area contributed by atoms with E-state index in [-0.39, 0.29) is 49.7 Å². The van der Waals surface area contributed by atoms with E-state index in [1.54, 1.807) is 4.90 Å². The molecule has 0 aliphatic rings. The summed E-state index contributed by atoms with van der Waals surface area (Å²) in [6.45, 7) is 0.188. The van der Waals surface area contributed by atoms with Crippen molar-refractivity contribution in [2.75, 3.05) is 26.2 Å². The van der Waals surface area contributed by atoms with Gasteiger partial charge in [-0.1, -0.05) is 30.3 Å². The molecule has 2 aromatic carbocycles. The Hall–Kier alpha value is -4.24. The molecule has 15 heteroatoms. The zero-order valence-corrected chi connectivity index (χ0v) is 19.2. The number of phenols is 1. The Morgan fingerprint density at radius 1 is 0.865 bits per heavy atom. The summed E-state index contributed by atoms with van der Waals surface area (Å²) >= 11 is 0. The van der Waals surface area contributed by atoms with Crippen molar-refractivity contribution < 1.29 is 52.9 Å². The lowest BCUT2D eigenvalue weighted by atomic mass is 10.1. The fourth-order valence-electron chi connectivity index (χ4n) is 2.99. The van der Waals surface area contributed by atoms with E-state index < -0.39 is 29.0 Å². The van der Waals surface area contributed by atoms with E-state index >= 15 is 0 Å². The molecular formula is C22H24F3N3O9. The van der Waals surface area contributed by atoms with Gasteiger partial charge < -0.3 is 20.4 Å². The van der Waals surface area contributed by atoms with Crippen LogP contribution < -0.4 is 0 Å². The van der Waals surface area contributed by atoms with Crippen molar-refractivity contribution in [3.63, 3.8) is 0 Å². The molecule has 2 aromatic rings. The van der Waals surface area contributed by atoms with Crippen molar-refractivity contribution in [3.8, 4) is 5.75 Å². The minimum atomic E-state index is -5.08. The molecular weight excluding hydrogens is 507 g/mol. The normalized spacial score (nSPS) is 11.1. The molecule has 0 bridgehead atoms. The lowest BCUT2D eigenvalue weighted by Crippen LogP contribution is -2.39. The van der Waals surface area contributed by atoms with Crippen LogP contribution in [0, 0.1) is 10.1 Å². The molecule has 0 saturated carbocycles. The number of benzene rings is 2. The third kappa shape index (κ3) is 12.3. The summed E-state index contributed by atoms with van der Waals surface area (Å²) in [6.07, 6.45) is -5.08. The zero-order chi connectivity index (χ0) is 28.2. The van der Waals surface area contributed by atoms with Gasteiger partial charge in [0.25, 0.3) is 5.69 Å². The van der Waals surface area contributed by atoms with Gasteiger partial charge >= 0.3 is 24.1 Å². The molecule has 0 fully saturated rings. The van der Waals surface area contributed by atoms with Crippen molar-refractivity contribution in [1.29, 1.82) is 0 Å². The number of hydrogen-bond acceptors (Lipinski definition) is 8. The molecule has 4 N–H and O–H groups in total. The summed E-state index contributed by atoms with van der Waals surface area (Å²) in [5, 5.41) is 46.5. The Morgan fingerprint density at radius 3 is 1.78 bits per heavy atom. The number of hydrogen-bond donors (Lipinski definition) is 4. The van der Waals surface area contributed by atoms with Gasteiger partial charge in [0.05, 0.1) is 18.0 Å². The highest BCUT2D eigenvalue weighted by atomic mass is 19.4. The van der Waals surface area contributed by atoms with Crippen LogP contribution in [0.2, 0.25) is 0 Å². The van der Waals surface area contributed by atoms with Gasteiger partial charge in [0.2, 0.25) is 0 Å². The number of halogens is 3. The Bertz CT molecular complexity index is 1080. The Morgan fingerprint density at radius 2 is 1.35 bits per heavy atom. The van der Waals surface area contributed by atoms with Crippen LogP contribution in [0.5, 0.6) is 5.75 Å². The molecule has 0 saturated heterocycles. The average molecular weight is 531 g/mol. The fraction of sp³-hybridized carbons (Fsp3) is 0.318. The highest BCUT2D eigenvalue weighted by Crippen LogP contribution is 2.24. The molecule has 0 aliphatic carbocycles. The van der Waals surface area contributed by atoms with E-state index in [4.69, 9.17) is 9.90 Å². The Labute approximate surface area is 207 Å². The third-order valence-corrected chi connectivity index (χ3v) is 4.61. The number of carbonyl (C=O) groups is 3. The molecule has 0 aliphatic heterocycles. The van der Waals surface area contributed by atoms with Gasteiger partial charge in [-0.3, -0.25) is 29.5 Å². The van der Waals surface area contributed by atoms with Crippen LogP contribution in [0.15, 0.2) is 48.5 Å². The standard InChI is InChI=1S/C20H23N3O7.C2HF3O2/c24-18-7-6-17(23(29)30)10-16(18)12-22(14-20(27)28)9-8-21(13-19(25)26)11-15-4-2-1-3-5-15;3-2(4,5)1(6)7/h1-7,10,24H,8-9,11-14H2,(H,25,26)(H,27,28);(H,6,7). The molecule has 0 atom stereocenters. The van der Waals surface area contributed by atoms with Gasteiger partial charge in [-0.25, -0.2) is 4.79 Å². The number of rotatable bonds is 12. The maximum absolute atomic E-state index is 11.3. The van der Waals surface area contributed by atoms with E-state index in [1.807, 2.05) is 30.3 Å². The predicted octanol–water partition coefficient (Wildman–Crippen LogP) is 2.41. The second-order valence-electron chi connectivity index (χ2n) is 7.57. The molecule has 0 aromatic heterocycles. The second-order valence-corrected chi connectivity index (χ2v) is 7.57. The van der Waals surface area contributed by atoms with Crippen molar-refractivity contribution in [2.45, 2.75) is 19.3 Å². The number of nitro benzene ring substituents is 1. The number of aliphatic carboxylic acids is 3. The van der Waals surface area contributed by atoms with Gasteiger partial charge in [0.15, 0.2) is 0 Å². The number of alkyl halides is 3. The highest BCUT2D eigenvalue weighted by Gasteiger charge is 2.38. The summed E-state index contributed by atoms with van der Waals surface area (Å²) in [5.41, 5.74) is 0.924. The summed E-state index contributed by atoms with van der Waals surface area (Å²) in [6, 6.07) is 12.8. The maximum atomic E-state index is 11.3. The molecule has 0 radical (unpaired) electrons. The lowest BCUT2D eigenvalue weighted by Gasteiger charge is -2.26. The predicted molar refractivity (Wildman–Crippen MR) is 121 cm³/mol. The number of phenolic OH excluding ortho intramolecular Hbond substituents is 1. The third-order valence-electron chi connectivity index (χ3n) is 4.61. The summed E-state index contributed by atoms with van der Waals surface area (Å²) < 4.78 is 31.7. The Balaban J connectivity index is 0.000000856. The number of carboxylic acid groups (broad SMARTS) is 3. The van der Waals surface area contributed by atoms with Crippen LogP contribution in [-0.2, 0) is 27.5 Å². The van der Waals surface area contributed by atoms with Gasteiger partial charge in [-0.05, 0) is 11.6 Å². The van der Waals surface area contributed by atoms with Crippen LogP contribution in [0.1, 0.15) is 11.1 Å². The highest BCUT2D eigenvalue weighted by molar-refractivity contribution is 5.73. The van der Waals surface area contributed by atoms with Crippen molar-refractivity contribution in [1.82, 2.24) is 9.80 Å². The monoisotopic (exact) mass is 531 g/mol. The lowest BCUT2D eigenvalue weighted by molar-refractivity contribution is -0.385. The van der Waals surface area contributed by atoms with Gasteiger partial charge in [0, 0.05) is 43.9 Å². The molecule has 12 nitrogen and oxygen atoms in total. The molecule has 37 heavy (non-hydrogen) atoms. The van der Waals surface area contributed by atoms with Crippen molar-refractivity contribution in [2.24, 2.45) is 0 Å². The minimum absolute atomic E-state index is 0.0357. The quantitative estimate of drug-likeness (QED) is 0.233. The number of non-ortho nitro benzene ring substituents is 1. The first-order chi connectivity index (χ1) is 17.2. The van der Waals surface area contributed by atoms with Crippen molar-refractivity contribution in [3.05, 3.63) is 69.8 Å². The van der Waals surface area contributed by atoms with Crippen LogP contribution in [0.25, 0.3) is 0 Å². The van der Waals surface area contributed by atoms with E-state index in [0.717, 1.165) is 11.6 Å². The maximum Gasteiger partial charge on any atom is 0.490 e. The van der Waals surface area contributed by atoms with Gasteiger partial charge in [0.1, 0.15) is 5.75 Å². The first-order valence-corrected chi connectivity index (χ1v) is 10.4. The SMILES string of the molecule is O=C(O)C(F)(F)F.O=C(O)CN(CCN(CC(=O)O)Cc1cc([N+](=O)[O-])ccc1O)Cc1ccccc1. The van der Waals surface area contributed by atoms with E-state index in [9.17, 15) is 48.2 Å². The van der Waals surface area contributed by atoms with Crippen LogP contribution in [0.4, 0.5) is 18.9 Å². The van der Waals surface area contributed by atoms with Crippen molar-refractivity contribution >= 4 is 23.6 Å². The van der Waals surface area contributed by atoms with Gasteiger partial charge in [-0.15, -0.1) is 0 Å². The number of nitrogens with zero attached hydrogens (tertiary/aromatic N) is 3. The van der Waals surface area contributed by atoms with E-state index in [1.165, 1.54) is 17.0 Å². The smallest absolute Gasteiger partial charge is 0.490 e. The molecule has 0 heterocycles. The van der Waals surface area contributed by atoms with Crippen LogP contribution in [0.3, 0.4) is 0 Å².